The number of aromatic hydroxyl groups is 1. The Morgan fingerprint density at radius 3 is 2.74 bits per heavy atom. The lowest BCUT2D eigenvalue weighted by Gasteiger charge is -2.42. The molecule has 1 aromatic carbocycles. The van der Waals surface area contributed by atoms with Crippen LogP contribution in [0.5, 0.6) is 5.75 Å². The molecule has 0 spiro atoms. The van der Waals surface area contributed by atoms with Crippen LogP contribution >= 0.6 is 11.6 Å². The molecule has 202 valence electrons. The zero-order valence-electron chi connectivity index (χ0n) is 21.5. The number of carbonyl (C=O) groups excluding carboxylic acids is 3. The van der Waals surface area contributed by atoms with Crippen molar-refractivity contribution in [2.24, 2.45) is 17.8 Å². The van der Waals surface area contributed by atoms with Gasteiger partial charge in [0.2, 0.25) is 11.8 Å². The molecule has 0 radical (unpaired) electrons. The number of imide groups is 3. The molecule has 2 N–H and O–H groups in total. The van der Waals surface area contributed by atoms with E-state index in [0.717, 1.165) is 29.5 Å². The first-order valence-corrected chi connectivity index (χ1v) is 13.2. The van der Waals surface area contributed by atoms with Crippen LogP contribution < -0.4 is 0 Å². The molecule has 1 aliphatic carbocycles. The van der Waals surface area contributed by atoms with Gasteiger partial charge >= 0.3 is 13.2 Å². The quantitative estimate of drug-likeness (QED) is 0.320. The van der Waals surface area contributed by atoms with E-state index in [1.165, 1.54) is 6.07 Å². The molecule has 2 aromatic rings. The van der Waals surface area contributed by atoms with E-state index in [9.17, 15) is 24.5 Å². The Labute approximate surface area is 231 Å². The summed E-state index contributed by atoms with van der Waals surface area (Å²) >= 11 is 6.37. The number of phenols is 1. The second-order valence-electron chi connectivity index (χ2n) is 10.1. The minimum atomic E-state index is -1.13. The molecule has 3 heterocycles. The van der Waals surface area contributed by atoms with E-state index in [1.54, 1.807) is 18.3 Å². The van der Waals surface area contributed by atoms with Crippen molar-refractivity contribution in [3.05, 3.63) is 70.0 Å². The number of hydrogen-bond acceptors (Lipinski definition) is 8. The van der Waals surface area contributed by atoms with Gasteiger partial charge in [-0.2, -0.15) is 4.90 Å². The highest BCUT2D eigenvalue weighted by Gasteiger charge is 2.58. The Morgan fingerprint density at radius 1 is 1.26 bits per heavy atom. The van der Waals surface area contributed by atoms with Crippen LogP contribution in [0.4, 0.5) is 4.79 Å². The first-order valence-electron chi connectivity index (χ1n) is 12.8. The number of rotatable bonds is 5. The Hall–Kier alpha value is -3.47. The van der Waals surface area contributed by atoms with Crippen molar-refractivity contribution in [1.29, 1.82) is 0 Å². The van der Waals surface area contributed by atoms with E-state index in [1.807, 2.05) is 31.2 Å². The highest BCUT2D eigenvalue weighted by Crippen LogP contribution is 2.50. The molecule has 39 heavy (non-hydrogen) atoms. The predicted octanol–water partition coefficient (Wildman–Crippen LogP) is 4.34. The normalized spacial score (nSPS) is 25.1. The summed E-state index contributed by atoms with van der Waals surface area (Å²) in [6.07, 6.45) is 3.58. The lowest BCUT2D eigenvalue weighted by Crippen LogP contribution is -2.46. The fourth-order valence-electron chi connectivity index (χ4n) is 6.13. The fourth-order valence-corrected chi connectivity index (χ4v) is 6.35. The third-order valence-corrected chi connectivity index (χ3v) is 8.12. The van der Waals surface area contributed by atoms with Gasteiger partial charge in [-0.3, -0.25) is 14.6 Å². The second-order valence-corrected chi connectivity index (χ2v) is 10.5. The number of ether oxygens (including phenoxy) is 1. The zero-order chi connectivity index (χ0) is 27.8. The van der Waals surface area contributed by atoms with Crippen LogP contribution in [0, 0.1) is 17.8 Å². The number of aromatic nitrogens is 1. The van der Waals surface area contributed by atoms with Crippen molar-refractivity contribution < 1.29 is 33.9 Å². The van der Waals surface area contributed by atoms with Gasteiger partial charge in [0.25, 0.3) is 0 Å². The van der Waals surface area contributed by atoms with Crippen LogP contribution in [-0.4, -0.2) is 58.3 Å². The van der Waals surface area contributed by atoms with E-state index in [-0.39, 0.29) is 12.1 Å². The van der Waals surface area contributed by atoms with E-state index < -0.39 is 48.9 Å². The number of carbonyl (C=O) groups is 3. The van der Waals surface area contributed by atoms with Gasteiger partial charge < -0.3 is 19.5 Å². The maximum atomic E-state index is 13.2. The average molecular weight is 551 g/mol. The van der Waals surface area contributed by atoms with Gasteiger partial charge in [-0.15, -0.1) is 0 Å². The first-order chi connectivity index (χ1) is 18.7. The summed E-state index contributed by atoms with van der Waals surface area (Å²) in [6.45, 7) is 1.91. The Kier molecular flexibility index (Phi) is 7.62. The van der Waals surface area contributed by atoms with Crippen molar-refractivity contribution >= 4 is 48.3 Å². The monoisotopic (exact) mass is 550 g/mol. The van der Waals surface area contributed by atoms with Crippen LogP contribution in [0.3, 0.4) is 0 Å². The molecule has 0 unspecified atom stereocenters. The predicted molar refractivity (Wildman–Crippen MR) is 144 cm³/mol. The summed E-state index contributed by atoms with van der Waals surface area (Å²) in [6, 6.07) is 10.3. The lowest BCUT2D eigenvalue weighted by atomic mass is 9.58. The van der Waals surface area contributed by atoms with Crippen molar-refractivity contribution in [1.82, 2.24) is 9.88 Å². The molecule has 4 atom stereocenters. The molecular formula is C28H28BClN2O7. The Morgan fingerprint density at radius 2 is 2.05 bits per heavy atom. The molecule has 3 amide bonds. The lowest BCUT2D eigenvalue weighted by molar-refractivity contribution is -0.137. The number of methoxy groups -OCH3 is 1. The van der Waals surface area contributed by atoms with Crippen LogP contribution in [0.1, 0.15) is 37.4 Å². The maximum Gasteiger partial charge on any atom is 0.455 e. The van der Waals surface area contributed by atoms with Gasteiger partial charge in [-0.05, 0) is 91.5 Å². The number of fused-ring (bicyclic) bond motifs is 3. The summed E-state index contributed by atoms with van der Waals surface area (Å²) in [5, 5.41) is 20.8. The van der Waals surface area contributed by atoms with E-state index >= 15 is 0 Å². The highest BCUT2D eigenvalue weighted by molar-refractivity contribution is 6.43. The second kappa shape index (κ2) is 11.0. The maximum absolute atomic E-state index is 13.2. The molecule has 1 aromatic heterocycles. The Bertz CT molecular complexity index is 1380. The minimum absolute atomic E-state index is 0.0656. The third kappa shape index (κ3) is 5.12. The van der Waals surface area contributed by atoms with E-state index in [4.69, 9.17) is 16.3 Å². The number of halogens is 1. The molecule has 2 fully saturated rings. The van der Waals surface area contributed by atoms with Crippen molar-refractivity contribution in [2.75, 3.05) is 7.11 Å². The average Bonchev–Trinajstić information content (AvgIpc) is 3.16. The molecule has 0 bridgehead atoms. The summed E-state index contributed by atoms with van der Waals surface area (Å²) < 4.78 is 10.7. The van der Waals surface area contributed by atoms with Crippen molar-refractivity contribution in [3.63, 3.8) is 0 Å². The van der Waals surface area contributed by atoms with Crippen LogP contribution in [0.2, 0.25) is 11.3 Å². The molecule has 2 saturated heterocycles. The fraction of sp³-hybridized carbons (Fsp3) is 0.357. The smallest absolute Gasteiger partial charge is 0.455 e. The van der Waals surface area contributed by atoms with Gasteiger partial charge in [0.15, 0.2) is 0 Å². The summed E-state index contributed by atoms with van der Waals surface area (Å²) in [4.78, 5) is 43.5. The number of amides is 3. The van der Waals surface area contributed by atoms with Crippen LogP contribution in [-0.2, 0) is 19.0 Å². The number of hydrogen-bond donors (Lipinski definition) is 2. The summed E-state index contributed by atoms with van der Waals surface area (Å²) in [5.41, 5.74) is 4.16. The molecular weight excluding hydrogens is 523 g/mol. The zero-order valence-corrected chi connectivity index (χ0v) is 22.3. The largest absolute Gasteiger partial charge is 0.508 e. The standard InChI is InChI=1S/C28H28BClN2O7/c1-15-11-19-25(27(35)32(26(19)34)28(36)38-2)20-14-29(37)39-23(24(15)20)9-7-17(22-5-3-4-10-31-22)12-16-6-8-18(33)13-21(16)30/h3-6,8,10,12-13,19-20,23,25,33,37H,7,9,11,14H2,1-2H3/b17-12-/t19-,20+,23-,25-/m1/s1. The molecule has 3 aliphatic rings. The first kappa shape index (κ1) is 27.1. The third-order valence-electron chi connectivity index (χ3n) is 7.79. The SMILES string of the molecule is COC(=O)N1C(=O)[C@@H]2[C@@H](CC(C)=C3[C@@H](CC/C(=C/c4ccc(O)cc4Cl)c4ccccn4)OB(O)C[C@@H]32)C1=O. The summed E-state index contributed by atoms with van der Waals surface area (Å²) in [7, 11) is 0.00528. The van der Waals surface area contributed by atoms with Gasteiger partial charge in [-0.1, -0.05) is 23.2 Å². The number of phenolic OH excluding ortho intramolecular Hbond substituents is 1. The van der Waals surface area contributed by atoms with E-state index in [0.29, 0.717) is 34.7 Å². The van der Waals surface area contributed by atoms with Gasteiger partial charge in [0.05, 0.1) is 35.8 Å². The number of pyridine rings is 1. The highest BCUT2D eigenvalue weighted by atomic mass is 35.5. The van der Waals surface area contributed by atoms with Gasteiger partial charge in [0.1, 0.15) is 5.75 Å². The van der Waals surface area contributed by atoms with Crippen molar-refractivity contribution in [2.45, 2.75) is 38.6 Å². The number of nitrogens with zero attached hydrogens (tertiary/aromatic N) is 2. The molecule has 11 heteroatoms. The van der Waals surface area contributed by atoms with Gasteiger partial charge in [0, 0.05) is 6.20 Å². The van der Waals surface area contributed by atoms with Gasteiger partial charge in [-0.25, -0.2) is 4.79 Å². The summed E-state index contributed by atoms with van der Waals surface area (Å²) in [5.74, 6) is -2.93. The number of allylic oxidation sites excluding steroid dienone is 2. The van der Waals surface area contributed by atoms with Crippen LogP contribution in [0.15, 0.2) is 53.7 Å². The topological polar surface area (TPSA) is 126 Å². The molecule has 0 saturated carbocycles. The molecule has 2 aliphatic heterocycles. The molecule has 5 rings (SSSR count). The van der Waals surface area contributed by atoms with Crippen molar-refractivity contribution in [3.8, 4) is 5.75 Å². The Balaban J connectivity index is 1.45. The van der Waals surface area contributed by atoms with E-state index in [2.05, 4.69) is 9.72 Å². The number of benzene rings is 1. The number of likely N-dealkylation sites (tertiary alicyclic amines) is 1. The minimum Gasteiger partial charge on any atom is -0.508 e. The molecule has 9 nitrogen and oxygen atoms in total. The van der Waals surface area contributed by atoms with Crippen LogP contribution in [0.25, 0.3) is 11.6 Å².